The molecule has 1 aliphatic carbocycles. The maximum absolute atomic E-state index is 12.4. The summed E-state index contributed by atoms with van der Waals surface area (Å²) in [6.45, 7) is 0.691. The molecule has 3 rings (SSSR count). The second-order valence-electron chi connectivity index (χ2n) is 8.43. The summed E-state index contributed by atoms with van der Waals surface area (Å²) in [4.78, 5) is 29.5. The van der Waals surface area contributed by atoms with E-state index in [1.54, 1.807) is 7.11 Å². The van der Waals surface area contributed by atoms with Crippen molar-refractivity contribution in [2.75, 3.05) is 13.7 Å². The Bertz CT molecular complexity index is 718. The van der Waals surface area contributed by atoms with Gasteiger partial charge in [0.25, 0.3) is 0 Å². The summed E-state index contributed by atoms with van der Waals surface area (Å²) >= 11 is 0. The molecular weight excluding hydrogens is 396 g/mol. The first-order valence-electron chi connectivity index (χ1n) is 11.7. The van der Waals surface area contributed by atoms with Crippen LogP contribution in [0.25, 0.3) is 0 Å². The fourth-order valence-electron chi connectivity index (χ4n) is 4.25. The van der Waals surface area contributed by atoms with Crippen molar-refractivity contribution in [3.8, 4) is 5.75 Å². The van der Waals surface area contributed by atoms with E-state index in [0.29, 0.717) is 19.4 Å². The number of unbranched alkanes of at least 4 members (excludes halogenated alkanes) is 3. The number of ether oxygens (including phenoxy) is 2. The Morgan fingerprint density at radius 1 is 1.03 bits per heavy atom. The maximum atomic E-state index is 12.4. The largest absolute Gasteiger partial charge is 0.497 e. The number of nitrogens with one attached hydrogen (secondary N) is 2. The van der Waals surface area contributed by atoms with Crippen molar-refractivity contribution in [2.45, 2.75) is 89.4 Å². The highest BCUT2D eigenvalue weighted by Crippen LogP contribution is 2.32. The Balaban J connectivity index is 1.25. The molecule has 1 aromatic rings. The third kappa shape index (κ3) is 7.82. The molecule has 1 aliphatic heterocycles. The summed E-state index contributed by atoms with van der Waals surface area (Å²) in [6, 6.07) is 6.22. The van der Waals surface area contributed by atoms with Crippen LogP contribution in [0.3, 0.4) is 0 Å². The number of hydroxylamine groups is 1. The molecule has 31 heavy (non-hydrogen) atoms. The second-order valence-corrected chi connectivity index (χ2v) is 8.43. The average molecular weight is 433 g/mol. The number of benzene rings is 1. The zero-order valence-corrected chi connectivity index (χ0v) is 18.6. The monoisotopic (exact) mass is 432 g/mol. The summed E-state index contributed by atoms with van der Waals surface area (Å²) in [7, 11) is 1.68. The van der Waals surface area contributed by atoms with Crippen molar-refractivity contribution >= 4 is 11.8 Å². The van der Waals surface area contributed by atoms with Crippen LogP contribution in [0.15, 0.2) is 18.2 Å². The number of fused-ring (bicyclic) bond motifs is 1. The van der Waals surface area contributed by atoms with Crippen LogP contribution in [-0.4, -0.2) is 31.8 Å². The Kier molecular flexibility index (Phi) is 9.62. The number of methoxy groups -OCH3 is 1. The summed E-state index contributed by atoms with van der Waals surface area (Å²) < 4.78 is 10.7. The highest BCUT2D eigenvalue weighted by molar-refractivity contribution is 5.76. The van der Waals surface area contributed by atoms with E-state index >= 15 is 0 Å². The fourth-order valence-corrected chi connectivity index (χ4v) is 4.25. The first-order valence-corrected chi connectivity index (χ1v) is 11.7. The Morgan fingerprint density at radius 2 is 1.84 bits per heavy atom. The van der Waals surface area contributed by atoms with Gasteiger partial charge in [0.05, 0.1) is 13.2 Å². The molecule has 0 aromatic heterocycles. The lowest BCUT2D eigenvalue weighted by atomic mass is 9.87. The van der Waals surface area contributed by atoms with Gasteiger partial charge in [-0.25, -0.2) is 10.3 Å². The van der Waals surface area contributed by atoms with E-state index in [0.717, 1.165) is 70.0 Å². The Morgan fingerprint density at radius 3 is 2.58 bits per heavy atom. The molecule has 1 fully saturated rings. The quantitative estimate of drug-likeness (QED) is 0.406. The Hall–Kier alpha value is -2.12. The number of hydrogen-bond donors (Lipinski definition) is 2. The maximum Gasteiger partial charge on any atom is 0.243 e. The highest BCUT2D eigenvalue weighted by Gasteiger charge is 2.22. The summed E-state index contributed by atoms with van der Waals surface area (Å²) in [5, 5.41) is 3.20. The van der Waals surface area contributed by atoms with Crippen LogP contribution >= 0.6 is 0 Å². The molecule has 0 radical (unpaired) electrons. The third-order valence-electron chi connectivity index (χ3n) is 6.00. The first kappa shape index (κ1) is 23.5. The van der Waals surface area contributed by atoms with Gasteiger partial charge in [-0.15, -0.1) is 0 Å². The van der Waals surface area contributed by atoms with Gasteiger partial charge in [-0.2, -0.15) is 0 Å². The van der Waals surface area contributed by atoms with Crippen molar-refractivity contribution in [1.82, 2.24) is 10.8 Å². The lowest BCUT2D eigenvalue weighted by Crippen LogP contribution is -2.32. The van der Waals surface area contributed by atoms with Gasteiger partial charge in [0.15, 0.2) is 6.29 Å². The van der Waals surface area contributed by atoms with Crippen molar-refractivity contribution < 1.29 is 23.9 Å². The molecule has 1 saturated heterocycles. The molecule has 2 amide bonds. The minimum atomic E-state index is -0.311. The van der Waals surface area contributed by atoms with E-state index in [4.69, 9.17) is 14.3 Å². The number of rotatable bonds is 11. The summed E-state index contributed by atoms with van der Waals surface area (Å²) in [6.07, 6.45) is 10.2. The molecule has 172 valence electrons. The summed E-state index contributed by atoms with van der Waals surface area (Å²) in [5.74, 6) is 0.861. The van der Waals surface area contributed by atoms with Crippen molar-refractivity contribution in [2.24, 2.45) is 0 Å². The van der Waals surface area contributed by atoms with Crippen LogP contribution in [0.2, 0.25) is 0 Å². The second kappa shape index (κ2) is 12.7. The minimum Gasteiger partial charge on any atom is -0.497 e. The zero-order valence-electron chi connectivity index (χ0n) is 18.6. The van der Waals surface area contributed by atoms with E-state index < -0.39 is 0 Å². The predicted octanol–water partition coefficient (Wildman–Crippen LogP) is 4.10. The topological polar surface area (TPSA) is 85.9 Å². The highest BCUT2D eigenvalue weighted by atomic mass is 16.8. The van der Waals surface area contributed by atoms with Gasteiger partial charge >= 0.3 is 0 Å². The van der Waals surface area contributed by atoms with Crippen LogP contribution in [0, 0.1) is 0 Å². The Labute approximate surface area is 185 Å². The molecule has 0 bridgehead atoms. The van der Waals surface area contributed by atoms with Crippen molar-refractivity contribution in [3.05, 3.63) is 29.3 Å². The number of amides is 2. The SMILES string of the molecule is COc1ccc2c(c1)CCCC2NC(=O)CCCCCCC(=O)NOC1CCCCO1. The predicted molar refractivity (Wildman–Crippen MR) is 117 cm³/mol. The minimum absolute atomic E-state index is 0.0963. The van der Waals surface area contributed by atoms with Gasteiger partial charge in [-0.05, 0) is 68.2 Å². The normalized spacial score (nSPS) is 20.5. The lowest BCUT2D eigenvalue weighted by molar-refractivity contribution is -0.200. The van der Waals surface area contributed by atoms with Crippen LogP contribution in [-0.2, 0) is 25.6 Å². The molecule has 2 N–H and O–H groups in total. The number of carbonyl (C=O) groups is 2. The number of aryl methyl sites for hydroxylation is 1. The van der Waals surface area contributed by atoms with E-state index in [-0.39, 0.29) is 24.1 Å². The molecule has 2 aliphatic rings. The van der Waals surface area contributed by atoms with Gasteiger partial charge < -0.3 is 14.8 Å². The van der Waals surface area contributed by atoms with Gasteiger partial charge in [-0.3, -0.25) is 9.59 Å². The molecule has 0 spiro atoms. The van der Waals surface area contributed by atoms with E-state index in [1.165, 1.54) is 11.1 Å². The van der Waals surface area contributed by atoms with E-state index in [2.05, 4.69) is 22.9 Å². The molecular formula is C24H36N2O5. The number of carbonyl (C=O) groups excluding carboxylic acids is 2. The third-order valence-corrected chi connectivity index (χ3v) is 6.00. The smallest absolute Gasteiger partial charge is 0.243 e. The molecule has 2 unspecified atom stereocenters. The van der Waals surface area contributed by atoms with Crippen molar-refractivity contribution in [3.63, 3.8) is 0 Å². The van der Waals surface area contributed by atoms with Crippen LogP contribution < -0.4 is 15.5 Å². The van der Waals surface area contributed by atoms with Crippen molar-refractivity contribution in [1.29, 1.82) is 0 Å². The zero-order chi connectivity index (χ0) is 21.9. The molecule has 7 heteroatoms. The lowest BCUT2D eigenvalue weighted by Gasteiger charge is -2.27. The molecule has 1 aromatic carbocycles. The molecule has 0 saturated carbocycles. The van der Waals surface area contributed by atoms with Gasteiger partial charge in [-0.1, -0.05) is 18.9 Å². The fraction of sp³-hybridized carbons (Fsp3) is 0.667. The van der Waals surface area contributed by atoms with Gasteiger partial charge in [0.2, 0.25) is 11.8 Å². The molecule has 1 heterocycles. The van der Waals surface area contributed by atoms with E-state index in [9.17, 15) is 9.59 Å². The van der Waals surface area contributed by atoms with Crippen LogP contribution in [0.1, 0.15) is 87.8 Å². The average Bonchev–Trinajstić information content (AvgIpc) is 2.80. The number of hydrogen-bond acceptors (Lipinski definition) is 5. The van der Waals surface area contributed by atoms with E-state index in [1.807, 2.05) is 6.07 Å². The first-order chi connectivity index (χ1) is 15.2. The van der Waals surface area contributed by atoms with Gasteiger partial charge in [0, 0.05) is 25.9 Å². The molecule has 2 atom stereocenters. The van der Waals surface area contributed by atoms with Crippen LogP contribution in [0.5, 0.6) is 5.75 Å². The van der Waals surface area contributed by atoms with Gasteiger partial charge in [0.1, 0.15) is 5.75 Å². The standard InChI is InChI=1S/C24H36N2O5/c1-29-19-14-15-20-18(17-19)9-8-10-21(20)25-22(27)11-4-2-3-5-12-23(28)26-31-24-13-6-7-16-30-24/h14-15,17,21,24H,2-13,16H2,1H3,(H,25,27)(H,26,28). The van der Waals surface area contributed by atoms with Crippen LogP contribution in [0.4, 0.5) is 0 Å². The molecule has 7 nitrogen and oxygen atoms in total. The summed E-state index contributed by atoms with van der Waals surface area (Å²) in [5.41, 5.74) is 4.97.